The third-order valence-electron chi connectivity index (χ3n) is 7.12. The van der Waals surface area contributed by atoms with E-state index in [2.05, 4.69) is 84.4 Å². The first kappa shape index (κ1) is 48.2. The van der Waals surface area contributed by atoms with Crippen molar-refractivity contribution < 1.29 is 29.7 Å². The van der Waals surface area contributed by atoms with Crippen molar-refractivity contribution in [3.05, 3.63) is 0 Å². The SMILES string of the molecule is CCCCC(CC)CC(S)C(=O)[O-].CCCCC(CC)CC(S)C(=O)[O-].CCCCC(CC)CC(S)C(=O)[O-].[CH3][Sn+3]. The van der Waals surface area contributed by atoms with Gasteiger partial charge in [-0.05, 0) is 37.0 Å². The van der Waals surface area contributed by atoms with Crippen molar-refractivity contribution in [1.82, 2.24) is 0 Å². The molecule has 0 aromatic carbocycles. The number of aliphatic carboxylic acids is 3. The zero-order valence-electron chi connectivity index (χ0n) is 26.9. The fourth-order valence-electron chi connectivity index (χ4n) is 4.18. The Labute approximate surface area is 282 Å². The van der Waals surface area contributed by atoms with Crippen LogP contribution in [0.25, 0.3) is 0 Å². The predicted molar refractivity (Wildman–Crippen MR) is 179 cm³/mol. The second-order valence-corrected chi connectivity index (χ2v) is 12.3. The van der Waals surface area contributed by atoms with Crippen molar-refractivity contribution in [1.29, 1.82) is 0 Å². The summed E-state index contributed by atoms with van der Waals surface area (Å²) in [6.45, 7) is 12.7. The average Bonchev–Trinajstić information content (AvgIpc) is 2.96. The van der Waals surface area contributed by atoms with E-state index in [4.69, 9.17) is 0 Å². The number of hydrogen-bond donors (Lipinski definition) is 3. The Morgan fingerprint density at radius 1 is 0.512 bits per heavy atom. The van der Waals surface area contributed by atoms with Gasteiger partial charge in [0.05, 0.1) is 17.9 Å². The predicted octanol–water partition coefficient (Wildman–Crippen LogP) is 5.13. The summed E-state index contributed by atoms with van der Waals surface area (Å²) in [5.41, 5.74) is 0. The van der Waals surface area contributed by atoms with Crippen LogP contribution in [0.3, 0.4) is 0 Å². The van der Waals surface area contributed by atoms with E-state index in [0.29, 0.717) is 37.0 Å². The molecule has 6 nitrogen and oxygen atoms in total. The molecule has 0 aliphatic heterocycles. The maximum atomic E-state index is 10.4. The molecule has 0 saturated heterocycles. The second-order valence-electron chi connectivity index (χ2n) is 10.5. The van der Waals surface area contributed by atoms with Crippen LogP contribution >= 0.6 is 37.9 Å². The van der Waals surface area contributed by atoms with Gasteiger partial charge in [0.25, 0.3) is 0 Å². The van der Waals surface area contributed by atoms with E-state index in [1.54, 1.807) is 22.5 Å². The molecule has 0 aliphatic carbocycles. The molecule has 0 aliphatic rings. The second kappa shape index (κ2) is 34.7. The third-order valence-corrected chi connectivity index (χ3v) is 8.38. The third kappa shape index (κ3) is 33.0. The molecule has 242 valence electrons. The van der Waals surface area contributed by atoms with Crippen molar-refractivity contribution in [3.8, 4) is 0 Å². The Morgan fingerprint density at radius 2 is 0.707 bits per heavy atom. The van der Waals surface area contributed by atoms with E-state index >= 15 is 0 Å². The molecule has 0 amide bonds. The molecule has 0 rings (SSSR count). The average molecular weight is 744 g/mol. The first-order valence-electron chi connectivity index (χ1n) is 15.5. The van der Waals surface area contributed by atoms with Gasteiger partial charge in [0, 0.05) is 15.7 Å². The summed E-state index contributed by atoms with van der Waals surface area (Å²) in [5, 5.41) is 29.5. The molecule has 0 spiro atoms. The van der Waals surface area contributed by atoms with Crippen LogP contribution in [0.1, 0.15) is 138 Å². The van der Waals surface area contributed by atoms with Crippen LogP contribution in [-0.4, -0.2) is 56.2 Å². The van der Waals surface area contributed by atoms with Crippen molar-refractivity contribution >= 4 is 78.3 Å². The number of rotatable bonds is 21. The summed E-state index contributed by atoms with van der Waals surface area (Å²) in [4.78, 5) is 33.4. The Kier molecular flexibility index (Phi) is 40.8. The van der Waals surface area contributed by atoms with Crippen LogP contribution in [0, 0.1) is 17.8 Å². The summed E-state index contributed by atoms with van der Waals surface area (Å²) in [6.07, 6.45) is 15.4. The molecule has 10 heteroatoms. The fraction of sp³-hybridized carbons (Fsp3) is 0.903. The van der Waals surface area contributed by atoms with Gasteiger partial charge in [-0.2, -0.15) is 37.9 Å². The number of carbonyl (C=O) groups excluding carboxylic acids is 3. The van der Waals surface area contributed by atoms with Crippen LogP contribution in [-0.2, 0) is 14.4 Å². The summed E-state index contributed by atoms with van der Waals surface area (Å²) in [7, 11) is 0. The zero-order valence-corrected chi connectivity index (χ0v) is 32.4. The standard InChI is InChI=1S/3C10H20O2S.CH3.Sn/c3*1-3-5-6-8(4-2)7-9(13)10(11)12;;/h3*8-9,13H,3-7H2,1-2H3,(H,11,12);1H3;/q;;;;+3/p-3. The van der Waals surface area contributed by atoms with E-state index in [1.165, 1.54) is 38.5 Å². The molecule has 0 N–H and O–H groups in total. The van der Waals surface area contributed by atoms with Gasteiger partial charge in [-0.15, -0.1) is 0 Å². The van der Waals surface area contributed by atoms with E-state index in [9.17, 15) is 29.7 Å². The molecule has 0 radical (unpaired) electrons. The van der Waals surface area contributed by atoms with Crippen LogP contribution < -0.4 is 15.3 Å². The first-order valence-corrected chi connectivity index (χ1v) is 19.9. The molecule has 41 heavy (non-hydrogen) atoms. The minimum absolute atomic E-state index is 0.486. The van der Waals surface area contributed by atoms with Crippen LogP contribution in [0.15, 0.2) is 0 Å². The first-order chi connectivity index (χ1) is 19.3. The van der Waals surface area contributed by atoms with Gasteiger partial charge in [0.2, 0.25) is 0 Å². The topological polar surface area (TPSA) is 120 Å². The zero-order chi connectivity index (χ0) is 32.8. The molecule has 0 bridgehead atoms. The Morgan fingerprint density at radius 3 is 0.829 bits per heavy atom. The quantitative estimate of drug-likeness (QED) is 0.111. The van der Waals surface area contributed by atoms with Gasteiger partial charge in [-0.1, -0.05) is 119 Å². The van der Waals surface area contributed by atoms with Gasteiger partial charge in [0.1, 0.15) is 0 Å². The molecule has 6 unspecified atom stereocenters. The van der Waals surface area contributed by atoms with Crippen molar-refractivity contribution in [2.75, 3.05) is 0 Å². The summed E-state index contributed by atoms with van der Waals surface area (Å²) < 4.78 is 0. The van der Waals surface area contributed by atoms with Crippen LogP contribution in [0.5, 0.6) is 0 Å². The molecule has 6 atom stereocenters. The molecule has 0 aromatic rings. The number of carboxylic acid groups (broad SMARTS) is 3. The van der Waals surface area contributed by atoms with Crippen LogP contribution in [0.2, 0.25) is 4.94 Å². The van der Waals surface area contributed by atoms with E-state index in [-0.39, 0.29) is 0 Å². The number of unbranched alkanes of at least 4 members (excludes halogenated alkanes) is 3. The molecule has 0 fully saturated rings. The van der Waals surface area contributed by atoms with E-state index in [1.807, 2.05) is 0 Å². The van der Waals surface area contributed by atoms with Crippen LogP contribution in [0.4, 0.5) is 0 Å². The van der Waals surface area contributed by atoms with Gasteiger partial charge in [-0.3, -0.25) is 0 Å². The summed E-state index contributed by atoms with van der Waals surface area (Å²) in [6, 6.07) is 0. The van der Waals surface area contributed by atoms with Crippen molar-refractivity contribution in [2.24, 2.45) is 17.8 Å². The number of thiol groups is 3. The Balaban J connectivity index is -0.000000243. The fourth-order valence-corrected chi connectivity index (χ4v) is 5.07. The van der Waals surface area contributed by atoms with Gasteiger partial charge >= 0.3 is 27.5 Å². The Bertz CT molecular complexity index is 532. The number of carbonyl (C=O) groups is 3. The van der Waals surface area contributed by atoms with E-state index in [0.717, 1.165) is 38.5 Å². The molecule has 0 aromatic heterocycles. The molecule has 0 saturated carbocycles. The van der Waals surface area contributed by atoms with E-state index < -0.39 is 33.7 Å². The van der Waals surface area contributed by atoms with Crippen molar-refractivity contribution in [3.63, 3.8) is 0 Å². The number of hydrogen-bond acceptors (Lipinski definition) is 9. The molecule has 0 heterocycles. The molecular formula is C31H60O6S3Sn. The van der Waals surface area contributed by atoms with Gasteiger partial charge in [0.15, 0.2) is 0 Å². The summed E-state index contributed by atoms with van der Waals surface area (Å²) >= 11 is 13.5. The monoisotopic (exact) mass is 744 g/mol. The van der Waals surface area contributed by atoms with Crippen molar-refractivity contribution in [2.45, 2.75) is 159 Å². The number of carboxylic acids is 3. The van der Waals surface area contributed by atoms with Gasteiger partial charge < -0.3 is 29.7 Å². The normalized spacial score (nSPS) is 14.7. The summed E-state index contributed by atoms with van der Waals surface area (Å²) in [5.74, 6) is -1.67. The Hall–Kier alpha value is 0.259. The van der Waals surface area contributed by atoms with Gasteiger partial charge in [-0.25, -0.2) is 0 Å². The maximum absolute atomic E-state index is 10.4. The minimum atomic E-state index is -1.04. The molecular weight excluding hydrogens is 683 g/mol.